The van der Waals surface area contributed by atoms with Crippen LogP contribution in [0, 0.1) is 0 Å². The smallest absolute Gasteiger partial charge is 0.273 e. The first-order valence-corrected chi connectivity index (χ1v) is 5.13. The topological polar surface area (TPSA) is 76.5 Å². The van der Waals surface area contributed by atoms with Crippen LogP contribution in [0.1, 0.15) is 0 Å². The van der Waals surface area contributed by atoms with Crippen LogP contribution in [-0.2, 0) is 7.05 Å². The van der Waals surface area contributed by atoms with Crippen LogP contribution in [0.2, 0.25) is 5.15 Å². The molecule has 2 aromatic heterocycles. The summed E-state index contributed by atoms with van der Waals surface area (Å²) in [5.74, 6) is 0. The van der Waals surface area contributed by atoms with Crippen LogP contribution in [0.3, 0.4) is 0 Å². The van der Waals surface area contributed by atoms with Gasteiger partial charge in [0.1, 0.15) is 10.2 Å². The highest BCUT2D eigenvalue weighted by Crippen LogP contribution is 2.22. The second-order valence-electron chi connectivity index (χ2n) is 2.65. The van der Waals surface area contributed by atoms with Crippen molar-refractivity contribution in [3.63, 3.8) is 0 Å². The summed E-state index contributed by atoms with van der Waals surface area (Å²) in [5, 5.41) is 7.55. The Morgan fingerprint density at radius 1 is 1.53 bits per heavy atom. The van der Waals surface area contributed by atoms with Crippen molar-refractivity contribution in [2.75, 3.05) is 0 Å². The number of halogens is 1. The van der Waals surface area contributed by atoms with Crippen molar-refractivity contribution in [3.8, 4) is 0 Å². The first kappa shape index (κ1) is 10.2. The molecule has 0 aliphatic carbocycles. The number of nitrogens with zero attached hydrogens (tertiary/aromatic N) is 4. The molecule has 0 aliphatic heterocycles. The molecule has 2 aromatic rings. The molecule has 0 amide bonds. The molecule has 6 nitrogen and oxygen atoms in total. The third kappa shape index (κ3) is 2.18. The lowest BCUT2D eigenvalue weighted by Gasteiger charge is -1.98. The van der Waals surface area contributed by atoms with Crippen molar-refractivity contribution >= 4 is 23.4 Å². The van der Waals surface area contributed by atoms with Gasteiger partial charge >= 0.3 is 5.69 Å². The first-order valence-electron chi connectivity index (χ1n) is 3.93. The highest BCUT2D eigenvalue weighted by Gasteiger charge is 2.07. The minimum Gasteiger partial charge on any atom is -0.273 e. The van der Waals surface area contributed by atoms with Gasteiger partial charge in [0, 0.05) is 7.05 Å². The van der Waals surface area contributed by atoms with Gasteiger partial charge in [0.05, 0.1) is 12.4 Å². The summed E-state index contributed by atoms with van der Waals surface area (Å²) in [4.78, 5) is 19.0. The molecule has 0 radical (unpaired) electrons. The summed E-state index contributed by atoms with van der Waals surface area (Å²) in [6.45, 7) is 0. The molecule has 0 fully saturated rings. The largest absolute Gasteiger partial charge is 0.343 e. The molecular weight excluding hydrogens is 238 g/mol. The van der Waals surface area contributed by atoms with Crippen LogP contribution in [0.25, 0.3) is 0 Å². The van der Waals surface area contributed by atoms with Gasteiger partial charge in [-0.1, -0.05) is 11.6 Å². The lowest BCUT2D eigenvalue weighted by molar-refractivity contribution is 0.764. The average molecular weight is 244 g/mol. The van der Waals surface area contributed by atoms with E-state index in [4.69, 9.17) is 11.6 Å². The van der Waals surface area contributed by atoms with Gasteiger partial charge in [0.15, 0.2) is 5.16 Å². The van der Waals surface area contributed by atoms with E-state index in [1.165, 1.54) is 22.5 Å². The molecule has 0 aromatic carbocycles. The van der Waals surface area contributed by atoms with Gasteiger partial charge in [0.25, 0.3) is 0 Å². The minimum absolute atomic E-state index is 0.271. The van der Waals surface area contributed by atoms with Crippen LogP contribution >= 0.6 is 23.4 Å². The maximum atomic E-state index is 11.1. The maximum absolute atomic E-state index is 11.1. The highest BCUT2D eigenvalue weighted by atomic mass is 35.5. The van der Waals surface area contributed by atoms with Crippen molar-refractivity contribution < 1.29 is 0 Å². The molecule has 0 atom stereocenters. The number of rotatable bonds is 2. The Balaban J connectivity index is 2.29. The summed E-state index contributed by atoms with van der Waals surface area (Å²) in [7, 11) is 1.62. The Labute approximate surface area is 93.7 Å². The number of hydrogen-bond donors (Lipinski definition) is 1. The Bertz CT molecular complexity index is 536. The quantitative estimate of drug-likeness (QED) is 0.840. The molecule has 0 spiro atoms. The van der Waals surface area contributed by atoms with Gasteiger partial charge in [-0.25, -0.2) is 14.9 Å². The van der Waals surface area contributed by atoms with Gasteiger partial charge in [0.2, 0.25) is 0 Å². The van der Waals surface area contributed by atoms with Crippen molar-refractivity contribution in [1.82, 2.24) is 24.7 Å². The Morgan fingerprint density at radius 3 is 2.93 bits per heavy atom. The molecule has 0 saturated heterocycles. The summed E-state index contributed by atoms with van der Waals surface area (Å²) < 4.78 is 1.38. The van der Waals surface area contributed by atoms with Crippen LogP contribution < -0.4 is 5.69 Å². The zero-order chi connectivity index (χ0) is 10.8. The van der Waals surface area contributed by atoms with E-state index >= 15 is 0 Å². The molecular formula is C7H6ClN5OS. The van der Waals surface area contributed by atoms with Crippen LogP contribution in [0.15, 0.2) is 27.4 Å². The monoisotopic (exact) mass is 243 g/mol. The Hall–Kier alpha value is -1.34. The summed E-state index contributed by atoms with van der Waals surface area (Å²) in [5.41, 5.74) is -0.271. The first-order chi connectivity index (χ1) is 7.16. The lowest BCUT2D eigenvalue weighted by atomic mass is 10.8. The van der Waals surface area contributed by atoms with E-state index in [0.717, 1.165) is 0 Å². The summed E-state index contributed by atoms with van der Waals surface area (Å²) in [6.07, 6.45) is 2.99. The van der Waals surface area contributed by atoms with E-state index in [2.05, 4.69) is 20.2 Å². The molecule has 2 rings (SSSR count). The summed E-state index contributed by atoms with van der Waals surface area (Å²) >= 11 is 6.88. The lowest BCUT2D eigenvalue weighted by Crippen LogP contribution is -2.12. The van der Waals surface area contributed by atoms with Crippen LogP contribution in [0.4, 0.5) is 0 Å². The number of nitrogens with one attached hydrogen (secondary N) is 1. The van der Waals surface area contributed by atoms with Crippen LogP contribution in [0.5, 0.6) is 0 Å². The normalized spacial score (nSPS) is 10.5. The number of aromatic amines is 1. The van der Waals surface area contributed by atoms with Crippen molar-refractivity contribution in [2.24, 2.45) is 7.05 Å². The molecule has 1 N–H and O–H groups in total. The number of H-pyrrole nitrogens is 1. The number of aromatic nitrogens is 5. The zero-order valence-electron chi connectivity index (χ0n) is 7.64. The van der Waals surface area contributed by atoms with E-state index < -0.39 is 0 Å². The SMILES string of the molecule is Cn1c(Sc2cncc(Cl)n2)n[nH]c1=O. The molecule has 15 heavy (non-hydrogen) atoms. The number of hydrogen-bond acceptors (Lipinski definition) is 5. The minimum atomic E-state index is -0.271. The molecule has 78 valence electrons. The van der Waals surface area contributed by atoms with Crippen molar-refractivity contribution in [2.45, 2.75) is 10.2 Å². The molecule has 0 aliphatic rings. The molecule has 2 heterocycles. The van der Waals surface area contributed by atoms with Crippen molar-refractivity contribution in [3.05, 3.63) is 28.0 Å². The predicted molar refractivity (Wildman–Crippen MR) is 55.0 cm³/mol. The van der Waals surface area contributed by atoms with E-state index in [1.807, 2.05) is 0 Å². The standard InChI is InChI=1S/C7H6ClN5OS/c1-13-6(14)11-12-7(13)15-5-3-9-2-4(8)10-5/h2-3H,1H3,(H,11,14). The molecule has 0 saturated carbocycles. The van der Waals surface area contributed by atoms with E-state index in [-0.39, 0.29) is 5.69 Å². The second kappa shape index (κ2) is 4.03. The second-order valence-corrected chi connectivity index (χ2v) is 4.03. The Kier molecular flexibility index (Phi) is 2.74. The van der Waals surface area contributed by atoms with Gasteiger partial charge < -0.3 is 0 Å². The fourth-order valence-corrected chi connectivity index (χ4v) is 1.85. The molecule has 0 unspecified atom stereocenters. The van der Waals surface area contributed by atoms with Gasteiger partial charge in [-0.3, -0.25) is 9.55 Å². The predicted octanol–water partition coefficient (Wildman–Crippen LogP) is 0.703. The van der Waals surface area contributed by atoms with E-state index in [0.29, 0.717) is 15.3 Å². The molecule has 0 bridgehead atoms. The van der Waals surface area contributed by atoms with E-state index in [9.17, 15) is 4.79 Å². The average Bonchev–Trinajstić information content (AvgIpc) is 2.50. The highest BCUT2D eigenvalue weighted by molar-refractivity contribution is 7.99. The maximum Gasteiger partial charge on any atom is 0.343 e. The fourth-order valence-electron chi connectivity index (χ4n) is 0.892. The zero-order valence-corrected chi connectivity index (χ0v) is 9.21. The fraction of sp³-hybridized carbons (Fsp3) is 0.143. The summed E-state index contributed by atoms with van der Waals surface area (Å²) in [6, 6.07) is 0. The van der Waals surface area contributed by atoms with E-state index in [1.54, 1.807) is 13.2 Å². The van der Waals surface area contributed by atoms with Crippen molar-refractivity contribution in [1.29, 1.82) is 0 Å². The Morgan fingerprint density at radius 2 is 2.33 bits per heavy atom. The van der Waals surface area contributed by atoms with Gasteiger partial charge in [-0.05, 0) is 11.8 Å². The van der Waals surface area contributed by atoms with Gasteiger partial charge in [-0.15, -0.1) is 5.10 Å². The third-order valence-electron chi connectivity index (χ3n) is 1.62. The molecule has 8 heteroatoms. The third-order valence-corrected chi connectivity index (χ3v) is 2.75. The van der Waals surface area contributed by atoms with Crippen LogP contribution in [-0.4, -0.2) is 24.7 Å². The van der Waals surface area contributed by atoms with Gasteiger partial charge in [-0.2, -0.15) is 0 Å².